The average molecular weight is 284 g/mol. The first-order valence-electron chi connectivity index (χ1n) is 7.09. The van der Waals surface area contributed by atoms with E-state index in [-0.39, 0.29) is 11.1 Å². The van der Waals surface area contributed by atoms with Crippen LogP contribution in [0.5, 0.6) is 0 Å². The molecule has 4 nitrogen and oxygen atoms in total. The van der Waals surface area contributed by atoms with Crippen LogP contribution in [-0.2, 0) is 6.42 Å². The summed E-state index contributed by atoms with van der Waals surface area (Å²) < 4.78 is 10.8. The van der Waals surface area contributed by atoms with E-state index in [4.69, 9.17) is 8.83 Å². The van der Waals surface area contributed by atoms with Gasteiger partial charge in [-0.3, -0.25) is 4.79 Å². The SMILES string of the molecule is CCCCc1cc(=O)oc2c(C)c3occc(=O)c3cc12. The van der Waals surface area contributed by atoms with E-state index in [0.717, 1.165) is 30.2 Å². The molecular weight excluding hydrogens is 268 g/mol. The maximum Gasteiger partial charge on any atom is 0.336 e. The third kappa shape index (κ3) is 2.27. The number of benzene rings is 1. The summed E-state index contributed by atoms with van der Waals surface area (Å²) >= 11 is 0. The van der Waals surface area contributed by atoms with Gasteiger partial charge in [0.05, 0.1) is 11.6 Å². The Kier molecular flexibility index (Phi) is 3.37. The van der Waals surface area contributed by atoms with E-state index in [2.05, 4.69) is 6.92 Å². The number of aryl methyl sites for hydroxylation is 2. The van der Waals surface area contributed by atoms with Gasteiger partial charge in [-0.05, 0) is 31.4 Å². The van der Waals surface area contributed by atoms with Gasteiger partial charge in [0.25, 0.3) is 0 Å². The van der Waals surface area contributed by atoms with Crippen molar-refractivity contribution in [3.63, 3.8) is 0 Å². The maximum atomic E-state index is 12.0. The van der Waals surface area contributed by atoms with E-state index < -0.39 is 0 Å². The molecule has 21 heavy (non-hydrogen) atoms. The second-order valence-corrected chi connectivity index (χ2v) is 5.23. The molecule has 3 rings (SSSR count). The van der Waals surface area contributed by atoms with Gasteiger partial charge in [0.1, 0.15) is 11.2 Å². The molecule has 0 aliphatic heterocycles. The lowest BCUT2D eigenvalue weighted by atomic mass is 10.0. The van der Waals surface area contributed by atoms with E-state index >= 15 is 0 Å². The van der Waals surface area contributed by atoms with Gasteiger partial charge in [-0.25, -0.2) is 4.79 Å². The van der Waals surface area contributed by atoms with Crippen LogP contribution >= 0.6 is 0 Å². The van der Waals surface area contributed by atoms with Crippen molar-refractivity contribution < 1.29 is 8.83 Å². The monoisotopic (exact) mass is 284 g/mol. The molecule has 0 aliphatic rings. The summed E-state index contributed by atoms with van der Waals surface area (Å²) in [6, 6.07) is 4.70. The van der Waals surface area contributed by atoms with Crippen molar-refractivity contribution >= 4 is 21.9 Å². The van der Waals surface area contributed by atoms with Crippen LogP contribution in [0.3, 0.4) is 0 Å². The fourth-order valence-electron chi connectivity index (χ4n) is 2.67. The van der Waals surface area contributed by atoms with Crippen LogP contribution in [0.15, 0.2) is 42.9 Å². The molecular formula is C17H16O4. The fraction of sp³-hybridized carbons (Fsp3) is 0.294. The zero-order valence-electron chi connectivity index (χ0n) is 12.1. The highest BCUT2D eigenvalue weighted by Crippen LogP contribution is 2.28. The zero-order valence-corrected chi connectivity index (χ0v) is 12.1. The van der Waals surface area contributed by atoms with Crippen LogP contribution in [0, 0.1) is 6.92 Å². The molecule has 2 aromatic heterocycles. The number of hydrogen-bond acceptors (Lipinski definition) is 4. The molecule has 0 unspecified atom stereocenters. The minimum absolute atomic E-state index is 0.0890. The second kappa shape index (κ2) is 5.20. The molecule has 0 saturated heterocycles. The van der Waals surface area contributed by atoms with Crippen LogP contribution in [-0.4, -0.2) is 0 Å². The predicted octanol–water partition coefficient (Wildman–Crippen LogP) is 3.55. The van der Waals surface area contributed by atoms with Crippen molar-refractivity contribution in [2.24, 2.45) is 0 Å². The molecule has 2 heterocycles. The summed E-state index contributed by atoms with van der Waals surface area (Å²) in [6.45, 7) is 3.91. The standard InChI is InChI=1S/C17H16O4/c1-3-4-5-11-8-15(19)21-17-10(2)16-13(9-12(11)17)14(18)6-7-20-16/h6-9H,3-5H2,1-2H3. The van der Waals surface area contributed by atoms with Gasteiger partial charge in [0.2, 0.25) is 0 Å². The van der Waals surface area contributed by atoms with E-state index in [1.54, 1.807) is 13.0 Å². The van der Waals surface area contributed by atoms with Gasteiger partial charge in [-0.1, -0.05) is 13.3 Å². The Morgan fingerprint density at radius 2 is 1.90 bits per heavy atom. The Labute approximate surface area is 121 Å². The Bertz CT molecular complexity index is 931. The van der Waals surface area contributed by atoms with Crippen LogP contribution in [0.4, 0.5) is 0 Å². The highest BCUT2D eigenvalue weighted by Gasteiger charge is 2.14. The molecule has 0 radical (unpaired) electrons. The first kappa shape index (κ1) is 13.6. The summed E-state index contributed by atoms with van der Waals surface area (Å²) in [4.78, 5) is 23.8. The van der Waals surface area contributed by atoms with Crippen molar-refractivity contribution in [2.45, 2.75) is 33.1 Å². The molecule has 4 heteroatoms. The molecule has 0 saturated carbocycles. The molecule has 108 valence electrons. The van der Waals surface area contributed by atoms with Crippen LogP contribution < -0.4 is 11.1 Å². The van der Waals surface area contributed by atoms with Gasteiger partial charge in [-0.15, -0.1) is 0 Å². The first-order valence-corrected chi connectivity index (χ1v) is 7.09. The Morgan fingerprint density at radius 1 is 1.10 bits per heavy atom. The lowest BCUT2D eigenvalue weighted by Crippen LogP contribution is -2.04. The summed E-state index contributed by atoms with van der Waals surface area (Å²) in [5.74, 6) is 0. The highest BCUT2D eigenvalue weighted by molar-refractivity contribution is 5.97. The van der Waals surface area contributed by atoms with Crippen molar-refractivity contribution in [3.05, 3.63) is 56.2 Å². The largest absolute Gasteiger partial charge is 0.464 e. The van der Waals surface area contributed by atoms with Crippen molar-refractivity contribution in [1.82, 2.24) is 0 Å². The molecule has 0 amide bonds. The highest BCUT2D eigenvalue weighted by atomic mass is 16.4. The van der Waals surface area contributed by atoms with Crippen LogP contribution in [0.1, 0.15) is 30.9 Å². The lowest BCUT2D eigenvalue weighted by molar-refractivity contribution is 0.552. The first-order chi connectivity index (χ1) is 10.1. The minimum Gasteiger partial charge on any atom is -0.464 e. The molecule has 0 bridgehead atoms. The van der Waals surface area contributed by atoms with E-state index in [1.807, 2.05) is 0 Å². The predicted molar refractivity (Wildman–Crippen MR) is 81.9 cm³/mol. The quantitative estimate of drug-likeness (QED) is 0.545. The summed E-state index contributed by atoms with van der Waals surface area (Å²) in [5.41, 5.74) is 2.15. The van der Waals surface area contributed by atoms with Crippen molar-refractivity contribution in [3.8, 4) is 0 Å². The topological polar surface area (TPSA) is 60.4 Å². The molecule has 3 aromatic rings. The van der Waals surface area contributed by atoms with E-state index in [9.17, 15) is 9.59 Å². The number of unbranched alkanes of at least 4 members (excludes halogenated alkanes) is 1. The molecule has 0 aliphatic carbocycles. The minimum atomic E-state index is -0.366. The number of hydrogen-bond donors (Lipinski definition) is 0. The smallest absolute Gasteiger partial charge is 0.336 e. The Morgan fingerprint density at radius 3 is 2.67 bits per heavy atom. The summed E-state index contributed by atoms with van der Waals surface area (Å²) in [5, 5.41) is 1.35. The summed E-state index contributed by atoms with van der Waals surface area (Å²) in [7, 11) is 0. The third-order valence-electron chi connectivity index (χ3n) is 3.77. The number of fused-ring (bicyclic) bond motifs is 2. The average Bonchev–Trinajstić information content (AvgIpc) is 2.47. The zero-order chi connectivity index (χ0) is 15.0. The Hall–Kier alpha value is -2.36. The molecule has 0 atom stereocenters. The van der Waals surface area contributed by atoms with Crippen LogP contribution in [0.2, 0.25) is 0 Å². The van der Waals surface area contributed by atoms with E-state index in [0.29, 0.717) is 22.1 Å². The van der Waals surface area contributed by atoms with Crippen molar-refractivity contribution in [2.75, 3.05) is 0 Å². The van der Waals surface area contributed by atoms with Gasteiger partial charge < -0.3 is 8.83 Å². The molecule has 0 spiro atoms. The fourth-order valence-corrected chi connectivity index (χ4v) is 2.67. The molecule has 0 fully saturated rings. The number of rotatable bonds is 3. The second-order valence-electron chi connectivity index (χ2n) is 5.23. The normalized spacial score (nSPS) is 11.3. The lowest BCUT2D eigenvalue weighted by Gasteiger charge is -2.08. The van der Waals surface area contributed by atoms with Crippen LogP contribution in [0.25, 0.3) is 21.9 Å². The molecule has 1 aromatic carbocycles. The van der Waals surface area contributed by atoms with Gasteiger partial charge in [0.15, 0.2) is 5.43 Å². The van der Waals surface area contributed by atoms with Gasteiger partial charge in [0, 0.05) is 23.1 Å². The van der Waals surface area contributed by atoms with Crippen molar-refractivity contribution in [1.29, 1.82) is 0 Å². The van der Waals surface area contributed by atoms with Gasteiger partial charge in [-0.2, -0.15) is 0 Å². The maximum absolute atomic E-state index is 12.0. The Balaban J connectivity index is 2.45. The van der Waals surface area contributed by atoms with E-state index in [1.165, 1.54) is 18.4 Å². The van der Waals surface area contributed by atoms with Gasteiger partial charge >= 0.3 is 5.63 Å². The third-order valence-corrected chi connectivity index (χ3v) is 3.77. The molecule has 0 N–H and O–H groups in total. The summed E-state index contributed by atoms with van der Waals surface area (Å²) in [6.07, 6.45) is 4.18.